The number of rotatable bonds is 6. The van der Waals surface area contributed by atoms with Gasteiger partial charge in [0.1, 0.15) is 0 Å². The van der Waals surface area contributed by atoms with Crippen LogP contribution in [0.4, 0.5) is 0 Å². The molecule has 0 aliphatic carbocycles. The average Bonchev–Trinajstić information content (AvgIpc) is 3.09. The molecule has 2 atom stereocenters. The number of piperidine rings is 1. The number of aromatic nitrogens is 2. The van der Waals surface area contributed by atoms with Crippen molar-refractivity contribution in [2.45, 2.75) is 37.8 Å². The van der Waals surface area contributed by atoms with Crippen LogP contribution in [0.2, 0.25) is 0 Å². The minimum atomic E-state index is -0.247. The number of β-amino-alcohol motifs (C(OH)–C–C–N with tert-alkyl or cyclic N) is 1. The van der Waals surface area contributed by atoms with E-state index in [1.807, 2.05) is 6.20 Å². The monoisotopic (exact) mass is 366 g/mol. The van der Waals surface area contributed by atoms with Crippen molar-refractivity contribution in [3.63, 3.8) is 0 Å². The highest BCUT2D eigenvalue weighted by molar-refractivity contribution is 5.14. The summed E-state index contributed by atoms with van der Waals surface area (Å²) in [7, 11) is 0. The number of hydrogen-bond acceptors (Lipinski definition) is 5. The Bertz CT molecular complexity index is 688. The quantitative estimate of drug-likeness (QED) is 0.848. The SMILES string of the molecule is O[C@@H]1CN(C2CCN(CCc3ccccc3)CC2)C[C@H]1Cc1cnccn1. The first kappa shape index (κ1) is 18.5. The zero-order chi connectivity index (χ0) is 18.5. The van der Waals surface area contributed by atoms with Gasteiger partial charge in [0.2, 0.25) is 0 Å². The second-order valence-corrected chi connectivity index (χ2v) is 7.99. The average molecular weight is 367 g/mol. The molecule has 0 bridgehead atoms. The summed E-state index contributed by atoms with van der Waals surface area (Å²) >= 11 is 0. The lowest BCUT2D eigenvalue weighted by Gasteiger charge is -2.36. The Morgan fingerprint density at radius 1 is 1.04 bits per heavy atom. The Balaban J connectivity index is 1.23. The fourth-order valence-electron chi connectivity index (χ4n) is 4.53. The first-order valence-corrected chi connectivity index (χ1v) is 10.2. The molecule has 1 aromatic heterocycles. The molecule has 2 saturated heterocycles. The normalized spacial score (nSPS) is 25.1. The Hall–Kier alpha value is -1.82. The van der Waals surface area contributed by atoms with Crippen LogP contribution in [0.1, 0.15) is 24.1 Å². The van der Waals surface area contributed by atoms with Crippen LogP contribution >= 0.6 is 0 Å². The molecule has 4 rings (SSSR count). The molecule has 2 aliphatic heterocycles. The van der Waals surface area contributed by atoms with Gasteiger partial charge in [-0.25, -0.2) is 0 Å². The van der Waals surface area contributed by atoms with Crippen LogP contribution in [0.5, 0.6) is 0 Å². The second-order valence-electron chi connectivity index (χ2n) is 7.99. The van der Waals surface area contributed by atoms with Gasteiger partial charge in [0.05, 0.1) is 11.8 Å². The fourth-order valence-corrected chi connectivity index (χ4v) is 4.53. The molecule has 0 unspecified atom stereocenters. The van der Waals surface area contributed by atoms with Crippen molar-refractivity contribution >= 4 is 0 Å². The molecule has 0 saturated carbocycles. The highest BCUT2D eigenvalue weighted by Gasteiger charge is 2.36. The van der Waals surface area contributed by atoms with Crippen molar-refractivity contribution in [1.29, 1.82) is 0 Å². The van der Waals surface area contributed by atoms with E-state index in [-0.39, 0.29) is 12.0 Å². The number of hydrogen-bond donors (Lipinski definition) is 1. The predicted octanol–water partition coefficient (Wildman–Crippen LogP) is 2.02. The number of nitrogens with zero attached hydrogens (tertiary/aromatic N) is 4. The van der Waals surface area contributed by atoms with Gasteiger partial charge in [-0.1, -0.05) is 30.3 Å². The van der Waals surface area contributed by atoms with E-state index in [4.69, 9.17) is 0 Å². The van der Waals surface area contributed by atoms with E-state index >= 15 is 0 Å². The highest BCUT2D eigenvalue weighted by Crippen LogP contribution is 2.26. The lowest BCUT2D eigenvalue weighted by atomic mass is 10.00. The molecule has 5 heteroatoms. The number of aliphatic hydroxyl groups is 1. The Kier molecular flexibility index (Phi) is 6.12. The van der Waals surface area contributed by atoms with Crippen molar-refractivity contribution in [3.8, 4) is 0 Å². The molecule has 1 N–H and O–H groups in total. The lowest BCUT2D eigenvalue weighted by molar-refractivity contribution is 0.107. The van der Waals surface area contributed by atoms with Crippen LogP contribution in [0, 0.1) is 5.92 Å². The van der Waals surface area contributed by atoms with Gasteiger partial charge in [0.15, 0.2) is 0 Å². The minimum absolute atomic E-state index is 0.247. The van der Waals surface area contributed by atoms with Crippen LogP contribution in [0.3, 0.4) is 0 Å². The van der Waals surface area contributed by atoms with Crippen LogP contribution < -0.4 is 0 Å². The van der Waals surface area contributed by atoms with E-state index in [9.17, 15) is 5.11 Å². The summed E-state index contributed by atoms with van der Waals surface area (Å²) < 4.78 is 0. The smallest absolute Gasteiger partial charge is 0.0711 e. The maximum absolute atomic E-state index is 10.5. The van der Waals surface area contributed by atoms with Crippen molar-refractivity contribution in [3.05, 3.63) is 60.2 Å². The summed E-state index contributed by atoms with van der Waals surface area (Å²) in [5.41, 5.74) is 2.41. The molecule has 0 radical (unpaired) electrons. The van der Waals surface area contributed by atoms with E-state index < -0.39 is 0 Å². The summed E-state index contributed by atoms with van der Waals surface area (Å²) in [6, 6.07) is 11.4. The van der Waals surface area contributed by atoms with Crippen LogP contribution in [-0.2, 0) is 12.8 Å². The number of likely N-dealkylation sites (tertiary alicyclic amines) is 2. The molecule has 2 fully saturated rings. The van der Waals surface area contributed by atoms with Gasteiger partial charge in [-0.2, -0.15) is 0 Å². The Morgan fingerprint density at radius 2 is 1.85 bits per heavy atom. The zero-order valence-corrected chi connectivity index (χ0v) is 16.0. The molecule has 2 aliphatic rings. The predicted molar refractivity (Wildman–Crippen MR) is 106 cm³/mol. The Morgan fingerprint density at radius 3 is 2.59 bits per heavy atom. The number of benzene rings is 1. The van der Waals surface area contributed by atoms with Crippen LogP contribution in [0.15, 0.2) is 48.9 Å². The van der Waals surface area contributed by atoms with Crippen LogP contribution in [0.25, 0.3) is 0 Å². The van der Waals surface area contributed by atoms with Crippen molar-refractivity contribution in [2.75, 3.05) is 32.7 Å². The van der Waals surface area contributed by atoms with Crippen molar-refractivity contribution in [1.82, 2.24) is 19.8 Å². The maximum atomic E-state index is 10.5. The van der Waals surface area contributed by atoms with Gasteiger partial charge >= 0.3 is 0 Å². The van der Waals surface area contributed by atoms with Gasteiger partial charge in [0, 0.05) is 50.2 Å². The summed E-state index contributed by atoms with van der Waals surface area (Å²) in [5, 5.41) is 10.5. The van der Waals surface area contributed by atoms with Gasteiger partial charge in [-0.15, -0.1) is 0 Å². The molecule has 1 aromatic carbocycles. The van der Waals surface area contributed by atoms with Crippen molar-refractivity contribution in [2.24, 2.45) is 5.92 Å². The zero-order valence-electron chi connectivity index (χ0n) is 16.0. The topological polar surface area (TPSA) is 52.5 Å². The molecule has 5 nitrogen and oxygen atoms in total. The van der Waals surface area contributed by atoms with Gasteiger partial charge in [-0.3, -0.25) is 14.9 Å². The third-order valence-corrected chi connectivity index (χ3v) is 6.16. The third-order valence-electron chi connectivity index (χ3n) is 6.16. The van der Waals surface area contributed by atoms with Crippen molar-refractivity contribution < 1.29 is 5.11 Å². The standard InChI is InChI=1S/C22H30N4O/c27-22-17-26(16-19(22)14-20-15-23-9-10-24-20)21-7-12-25(13-8-21)11-6-18-4-2-1-3-5-18/h1-5,9-10,15,19,21-22,27H,6-8,11-14,16-17H2/t19-,22-/m1/s1. The summed E-state index contributed by atoms with van der Waals surface area (Å²) in [6.45, 7) is 5.26. The molecule has 0 amide bonds. The summed E-state index contributed by atoms with van der Waals surface area (Å²) in [4.78, 5) is 13.6. The van der Waals surface area contributed by atoms with E-state index in [0.717, 1.165) is 38.2 Å². The molecule has 3 heterocycles. The molecule has 27 heavy (non-hydrogen) atoms. The summed E-state index contributed by atoms with van der Waals surface area (Å²) in [6.07, 6.45) is 9.38. The second kappa shape index (κ2) is 8.91. The molecular weight excluding hydrogens is 336 g/mol. The molecule has 144 valence electrons. The fraction of sp³-hybridized carbons (Fsp3) is 0.545. The Labute approximate surface area is 162 Å². The molecule has 2 aromatic rings. The molecule has 0 spiro atoms. The van der Waals surface area contributed by atoms with E-state index in [1.54, 1.807) is 12.4 Å². The first-order chi connectivity index (χ1) is 13.3. The minimum Gasteiger partial charge on any atom is -0.391 e. The van der Waals surface area contributed by atoms with E-state index in [0.29, 0.717) is 6.04 Å². The van der Waals surface area contributed by atoms with E-state index in [2.05, 4.69) is 50.1 Å². The van der Waals surface area contributed by atoms with Gasteiger partial charge in [0.25, 0.3) is 0 Å². The van der Waals surface area contributed by atoms with Gasteiger partial charge < -0.3 is 10.0 Å². The number of aliphatic hydroxyl groups excluding tert-OH is 1. The van der Waals surface area contributed by atoms with Crippen LogP contribution in [-0.4, -0.2) is 69.7 Å². The highest BCUT2D eigenvalue weighted by atomic mass is 16.3. The molecular formula is C22H30N4O. The first-order valence-electron chi connectivity index (χ1n) is 10.2. The van der Waals surface area contributed by atoms with Gasteiger partial charge in [-0.05, 0) is 44.3 Å². The summed E-state index contributed by atoms with van der Waals surface area (Å²) in [5.74, 6) is 0.276. The third kappa shape index (κ3) is 4.92. The maximum Gasteiger partial charge on any atom is 0.0711 e. The lowest BCUT2D eigenvalue weighted by Crippen LogP contribution is -2.44. The largest absolute Gasteiger partial charge is 0.391 e. The van der Waals surface area contributed by atoms with E-state index in [1.165, 1.54) is 31.5 Å².